The van der Waals surface area contributed by atoms with Crippen LogP contribution in [0.5, 0.6) is 0 Å². The molecule has 3 rings (SSSR count). The van der Waals surface area contributed by atoms with E-state index in [4.69, 9.17) is 10.5 Å². The van der Waals surface area contributed by atoms with Gasteiger partial charge in [0.05, 0.1) is 12.9 Å². The van der Waals surface area contributed by atoms with Gasteiger partial charge in [-0.15, -0.1) is 0 Å². The van der Waals surface area contributed by atoms with E-state index in [2.05, 4.69) is 19.9 Å². The highest BCUT2D eigenvalue weighted by Gasteiger charge is 2.40. The van der Waals surface area contributed by atoms with E-state index >= 15 is 0 Å². The predicted molar refractivity (Wildman–Crippen MR) is 66.4 cm³/mol. The van der Waals surface area contributed by atoms with Crippen molar-refractivity contribution in [3.05, 3.63) is 12.2 Å². The number of aromatic nitrogens is 4. The van der Waals surface area contributed by atoms with Crippen molar-refractivity contribution in [3.8, 4) is 0 Å². The summed E-state index contributed by atoms with van der Waals surface area (Å²) in [6, 6.07) is 0. The second kappa shape index (κ2) is 5.26. The van der Waals surface area contributed by atoms with Crippen LogP contribution in [0.1, 0.15) is 11.9 Å². The first-order valence-electron chi connectivity index (χ1n) is 5.70. The first-order valence-corrected chi connectivity index (χ1v) is 5.70. The van der Waals surface area contributed by atoms with E-state index in [1.165, 1.54) is 6.33 Å². The van der Waals surface area contributed by atoms with Gasteiger partial charge in [-0.1, -0.05) is 0 Å². The number of ether oxygens (including phenoxy) is 1. The zero-order valence-electron chi connectivity index (χ0n) is 10.3. The van der Waals surface area contributed by atoms with Gasteiger partial charge in [-0.2, -0.15) is 0 Å². The van der Waals surface area contributed by atoms with Gasteiger partial charge in [0.1, 0.15) is 29.9 Å². The molecule has 0 bridgehead atoms. The monoisotopic (exact) mass is 285 g/mol. The van der Waals surface area contributed by atoms with Crippen LogP contribution >= 0.6 is 0 Å². The summed E-state index contributed by atoms with van der Waals surface area (Å²) in [5, 5.41) is 28.9. The van der Waals surface area contributed by atoms with Crippen LogP contribution in [0.25, 0.3) is 11.2 Å². The third kappa shape index (κ3) is 2.19. The number of aliphatic hydroxyl groups excluding tert-OH is 3. The van der Waals surface area contributed by atoms with Crippen LogP contribution in [0, 0.1) is 0 Å². The Balaban J connectivity index is 0.00000147. The Morgan fingerprint density at radius 2 is 2.00 bits per heavy atom. The molecule has 2 aromatic heterocycles. The molecule has 0 aliphatic carbocycles. The molecule has 3 heterocycles. The average molecular weight is 285 g/mol. The van der Waals surface area contributed by atoms with E-state index in [-0.39, 0.29) is 23.7 Å². The normalized spacial score (nSPS) is 30.1. The number of imidazole rings is 1. The average Bonchev–Trinajstić information content (AvgIpc) is 2.85. The van der Waals surface area contributed by atoms with Crippen molar-refractivity contribution in [1.29, 1.82) is 0 Å². The molecule has 8 N–H and O–H groups in total. The fourth-order valence-corrected chi connectivity index (χ4v) is 2.03. The molecule has 4 atom stereocenters. The number of aliphatic hydroxyl groups is 3. The van der Waals surface area contributed by atoms with Crippen molar-refractivity contribution in [1.82, 2.24) is 19.9 Å². The van der Waals surface area contributed by atoms with Crippen molar-refractivity contribution in [2.75, 3.05) is 12.3 Å². The highest BCUT2D eigenvalue weighted by Crippen LogP contribution is 2.28. The lowest BCUT2D eigenvalue weighted by atomic mass is 9.99. The maximum Gasteiger partial charge on any atom is 0.183 e. The number of aromatic amines is 1. The third-order valence-corrected chi connectivity index (χ3v) is 3.09. The minimum Gasteiger partial charge on any atom is -0.412 e. The fourth-order valence-electron chi connectivity index (χ4n) is 2.03. The number of fused-ring (bicyclic) bond motifs is 1. The molecule has 0 amide bonds. The van der Waals surface area contributed by atoms with E-state index in [1.807, 2.05) is 0 Å². The first kappa shape index (κ1) is 14.6. The Labute approximate surface area is 112 Å². The van der Waals surface area contributed by atoms with E-state index < -0.39 is 24.4 Å². The van der Waals surface area contributed by atoms with E-state index in [0.29, 0.717) is 11.2 Å². The van der Waals surface area contributed by atoms with Gasteiger partial charge >= 0.3 is 0 Å². The van der Waals surface area contributed by atoms with Crippen molar-refractivity contribution < 1.29 is 25.5 Å². The number of anilines is 1. The third-order valence-electron chi connectivity index (χ3n) is 3.09. The zero-order chi connectivity index (χ0) is 13.6. The Hall–Kier alpha value is -1.85. The fraction of sp³-hybridized carbons (Fsp3) is 0.500. The van der Waals surface area contributed by atoms with Crippen molar-refractivity contribution in [2.45, 2.75) is 24.4 Å². The SMILES string of the molecule is Nc1nc(C2OC[C@@H](O)[C@@H](O)[C@@H]2O)nc2nc[nH]c12.O. The van der Waals surface area contributed by atoms with Crippen LogP contribution in [0.2, 0.25) is 0 Å². The number of rotatable bonds is 1. The van der Waals surface area contributed by atoms with E-state index in [0.717, 1.165) is 0 Å². The Bertz CT molecular complexity index is 605. The van der Waals surface area contributed by atoms with E-state index in [9.17, 15) is 15.3 Å². The topological polar surface area (TPSA) is 182 Å². The van der Waals surface area contributed by atoms with Crippen molar-refractivity contribution in [3.63, 3.8) is 0 Å². The Morgan fingerprint density at radius 1 is 1.25 bits per heavy atom. The lowest BCUT2D eigenvalue weighted by Gasteiger charge is -2.34. The number of hydrogen-bond acceptors (Lipinski definition) is 8. The Morgan fingerprint density at radius 3 is 2.75 bits per heavy atom. The molecule has 1 fully saturated rings. The number of nitrogens with one attached hydrogen (secondary N) is 1. The minimum absolute atomic E-state index is 0. The summed E-state index contributed by atoms with van der Waals surface area (Å²) in [6.07, 6.45) is -3.33. The van der Waals surface area contributed by atoms with E-state index in [1.54, 1.807) is 0 Å². The summed E-state index contributed by atoms with van der Waals surface area (Å²) < 4.78 is 5.26. The lowest BCUT2D eigenvalue weighted by molar-refractivity contribution is -0.191. The highest BCUT2D eigenvalue weighted by molar-refractivity contribution is 5.80. The molecule has 1 aliphatic rings. The molecule has 1 unspecified atom stereocenters. The van der Waals surface area contributed by atoms with Crippen LogP contribution in [0.15, 0.2) is 6.33 Å². The molecule has 0 aromatic carbocycles. The molecule has 0 spiro atoms. The standard InChI is InChI=1S/C10H13N5O4.H2O/c11-8-4-9(13-2-12-4)15-10(14-8)7-6(18)5(17)3(16)1-19-7;/h2-3,5-7,16-18H,1H2,(H3,11,12,13,14,15);1H2/t3-,5-,6+,7?;/m1./s1. The quantitative estimate of drug-likeness (QED) is 0.374. The van der Waals surface area contributed by atoms with Gasteiger partial charge in [0.25, 0.3) is 0 Å². The van der Waals surface area contributed by atoms with Crippen LogP contribution in [0.3, 0.4) is 0 Å². The molecule has 0 saturated carbocycles. The maximum atomic E-state index is 9.89. The summed E-state index contributed by atoms with van der Waals surface area (Å²) in [5.41, 5.74) is 6.59. The van der Waals surface area contributed by atoms with Gasteiger partial charge in [0.2, 0.25) is 0 Å². The van der Waals surface area contributed by atoms with Crippen LogP contribution < -0.4 is 5.73 Å². The maximum absolute atomic E-state index is 9.89. The second-order valence-electron chi connectivity index (χ2n) is 4.37. The Kier molecular flexibility index (Phi) is 3.83. The summed E-state index contributed by atoms with van der Waals surface area (Å²) in [6.45, 7) is -0.120. The van der Waals surface area contributed by atoms with Gasteiger partial charge in [-0.05, 0) is 0 Å². The highest BCUT2D eigenvalue weighted by atomic mass is 16.5. The number of nitrogens with zero attached hydrogens (tertiary/aromatic N) is 3. The molecule has 0 radical (unpaired) electrons. The second-order valence-corrected chi connectivity index (χ2v) is 4.37. The summed E-state index contributed by atoms with van der Waals surface area (Å²) in [4.78, 5) is 14.9. The lowest BCUT2D eigenvalue weighted by Crippen LogP contribution is -2.49. The number of nitrogen functional groups attached to an aromatic ring is 1. The summed E-state index contributed by atoms with van der Waals surface area (Å²) >= 11 is 0. The largest absolute Gasteiger partial charge is 0.412 e. The molecule has 2 aromatic rings. The van der Waals surface area contributed by atoms with Crippen LogP contribution in [-0.4, -0.2) is 65.7 Å². The molecule has 1 aliphatic heterocycles. The summed E-state index contributed by atoms with van der Waals surface area (Å²) in [7, 11) is 0. The first-order chi connectivity index (χ1) is 9.08. The molecule has 110 valence electrons. The minimum atomic E-state index is -1.33. The molecule has 1 saturated heterocycles. The smallest absolute Gasteiger partial charge is 0.183 e. The molecular formula is C10H15N5O5. The zero-order valence-corrected chi connectivity index (χ0v) is 10.3. The van der Waals surface area contributed by atoms with Crippen molar-refractivity contribution in [2.24, 2.45) is 0 Å². The van der Waals surface area contributed by atoms with Gasteiger partial charge in [-0.25, -0.2) is 15.0 Å². The van der Waals surface area contributed by atoms with Gasteiger partial charge in [0, 0.05) is 0 Å². The van der Waals surface area contributed by atoms with Gasteiger partial charge in [-0.3, -0.25) is 0 Å². The van der Waals surface area contributed by atoms with Crippen molar-refractivity contribution >= 4 is 17.0 Å². The van der Waals surface area contributed by atoms with Gasteiger partial charge < -0.3 is 36.3 Å². The number of H-pyrrole nitrogens is 1. The molecule has 20 heavy (non-hydrogen) atoms. The predicted octanol–water partition coefficient (Wildman–Crippen LogP) is -2.74. The number of hydrogen-bond donors (Lipinski definition) is 5. The van der Waals surface area contributed by atoms with Crippen LogP contribution in [0.4, 0.5) is 5.82 Å². The summed E-state index contributed by atoms with van der Waals surface area (Å²) in [5.74, 6) is 0.296. The van der Waals surface area contributed by atoms with Crippen LogP contribution in [-0.2, 0) is 4.74 Å². The molecular weight excluding hydrogens is 270 g/mol. The molecule has 10 nitrogen and oxygen atoms in total. The molecule has 10 heteroatoms. The van der Waals surface area contributed by atoms with Gasteiger partial charge in [0.15, 0.2) is 17.3 Å². The number of nitrogens with two attached hydrogens (primary N) is 1.